The molecule has 1 aliphatic carbocycles. The maximum Gasteiger partial charge on any atom is 0.434 e. The number of alkyl halides is 3. The van der Waals surface area contributed by atoms with Crippen molar-refractivity contribution < 1.29 is 18.0 Å². The molecule has 1 fully saturated rings. The SMILES string of the molecule is CCc1nc(C(F)(F)F)cnc1N[C@H]1CCCC1NC(=O)c1ccccc1-n1nccn1. The fourth-order valence-corrected chi connectivity index (χ4v) is 3.84. The summed E-state index contributed by atoms with van der Waals surface area (Å²) >= 11 is 0. The lowest BCUT2D eigenvalue weighted by molar-refractivity contribution is -0.141. The van der Waals surface area contributed by atoms with E-state index >= 15 is 0 Å². The molecular weight excluding hydrogens is 423 g/mol. The van der Waals surface area contributed by atoms with Crippen molar-refractivity contribution in [3.63, 3.8) is 0 Å². The molecule has 32 heavy (non-hydrogen) atoms. The molecule has 8 nitrogen and oxygen atoms in total. The van der Waals surface area contributed by atoms with E-state index in [1.165, 1.54) is 17.2 Å². The molecule has 4 rings (SSSR count). The van der Waals surface area contributed by atoms with Crippen LogP contribution in [0.1, 0.15) is 47.9 Å². The first-order chi connectivity index (χ1) is 15.4. The monoisotopic (exact) mass is 445 g/mol. The molecule has 0 saturated heterocycles. The van der Waals surface area contributed by atoms with Gasteiger partial charge in [-0.2, -0.15) is 28.2 Å². The summed E-state index contributed by atoms with van der Waals surface area (Å²) in [6.07, 6.45) is 1.89. The topological polar surface area (TPSA) is 97.6 Å². The van der Waals surface area contributed by atoms with Gasteiger partial charge >= 0.3 is 6.18 Å². The van der Waals surface area contributed by atoms with E-state index in [0.717, 1.165) is 25.5 Å². The van der Waals surface area contributed by atoms with E-state index in [9.17, 15) is 18.0 Å². The second kappa shape index (κ2) is 8.93. The molecule has 2 aromatic heterocycles. The van der Waals surface area contributed by atoms with Crippen LogP contribution in [0.15, 0.2) is 42.9 Å². The molecular formula is C21H22F3N7O. The van der Waals surface area contributed by atoms with E-state index in [1.807, 2.05) is 0 Å². The van der Waals surface area contributed by atoms with E-state index in [1.54, 1.807) is 31.2 Å². The number of hydrogen-bond donors (Lipinski definition) is 2. The third kappa shape index (κ3) is 4.56. The maximum atomic E-state index is 13.0. The molecule has 11 heteroatoms. The van der Waals surface area contributed by atoms with Gasteiger partial charge in [0.2, 0.25) is 0 Å². The van der Waals surface area contributed by atoms with E-state index in [2.05, 4.69) is 30.8 Å². The summed E-state index contributed by atoms with van der Waals surface area (Å²) < 4.78 is 38.9. The molecule has 1 amide bonds. The number of carbonyl (C=O) groups is 1. The lowest BCUT2D eigenvalue weighted by Crippen LogP contribution is -2.44. The van der Waals surface area contributed by atoms with Crippen LogP contribution >= 0.6 is 0 Å². The molecule has 1 aromatic carbocycles. The summed E-state index contributed by atoms with van der Waals surface area (Å²) in [6, 6.07) is 6.62. The van der Waals surface area contributed by atoms with Crippen LogP contribution in [0.25, 0.3) is 5.69 Å². The standard InChI is InChI=1S/C21H22F3N7O/c1-2-14-19(25-12-18(28-14)21(22,23)24)29-15-7-5-8-16(15)30-20(32)13-6-3-4-9-17(13)31-26-10-11-27-31/h3-4,6,9-12,15-16H,2,5,7-8H2,1H3,(H,25,29)(H,30,32)/t15-,16?/m0/s1. The van der Waals surface area contributed by atoms with Crippen LogP contribution < -0.4 is 10.6 Å². The summed E-state index contributed by atoms with van der Waals surface area (Å²) in [6.45, 7) is 1.73. The van der Waals surface area contributed by atoms with Gasteiger partial charge in [-0.1, -0.05) is 19.1 Å². The van der Waals surface area contributed by atoms with Gasteiger partial charge in [0.15, 0.2) is 5.69 Å². The van der Waals surface area contributed by atoms with E-state index < -0.39 is 11.9 Å². The molecule has 0 spiro atoms. The number of carbonyl (C=O) groups excluding carboxylic acids is 1. The van der Waals surface area contributed by atoms with Crippen LogP contribution in [0.3, 0.4) is 0 Å². The highest BCUT2D eigenvalue weighted by Crippen LogP contribution is 2.30. The average molecular weight is 445 g/mol. The quantitative estimate of drug-likeness (QED) is 0.604. The third-order valence-corrected chi connectivity index (χ3v) is 5.41. The molecule has 2 heterocycles. The Morgan fingerprint density at radius 1 is 1.16 bits per heavy atom. The van der Waals surface area contributed by atoms with Gasteiger partial charge in [0, 0.05) is 12.1 Å². The number of aromatic nitrogens is 5. The minimum atomic E-state index is -4.55. The Labute approximate surface area is 182 Å². The smallest absolute Gasteiger partial charge is 0.364 e. The van der Waals surface area contributed by atoms with E-state index in [0.29, 0.717) is 23.5 Å². The normalized spacial score (nSPS) is 18.5. The van der Waals surface area contributed by atoms with Crippen LogP contribution in [-0.4, -0.2) is 43.0 Å². The summed E-state index contributed by atoms with van der Waals surface area (Å²) in [4.78, 5) is 22.1. The first kappa shape index (κ1) is 21.7. The van der Waals surface area contributed by atoms with E-state index in [-0.39, 0.29) is 23.7 Å². The van der Waals surface area contributed by atoms with Crippen molar-refractivity contribution in [3.8, 4) is 5.69 Å². The minimum absolute atomic E-state index is 0.176. The fourth-order valence-electron chi connectivity index (χ4n) is 3.84. The lowest BCUT2D eigenvalue weighted by atomic mass is 10.1. The Hall–Kier alpha value is -3.50. The number of benzene rings is 1. The van der Waals surface area contributed by atoms with Crippen LogP contribution in [0.5, 0.6) is 0 Å². The molecule has 0 aliphatic heterocycles. The summed E-state index contributed by atoms with van der Waals surface area (Å²) in [7, 11) is 0. The predicted molar refractivity (Wildman–Crippen MR) is 110 cm³/mol. The average Bonchev–Trinajstić information content (AvgIpc) is 3.46. The minimum Gasteiger partial charge on any atom is -0.364 e. The Balaban J connectivity index is 1.50. The first-order valence-corrected chi connectivity index (χ1v) is 10.3. The summed E-state index contributed by atoms with van der Waals surface area (Å²) in [5.74, 6) is 0.0404. The zero-order chi connectivity index (χ0) is 22.7. The number of amides is 1. The van der Waals surface area contributed by atoms with Crippen molar-refractivity contribution >= 4 is 11.7 Å². The van der Waals surface area contributed by atoms with Crippen LogP contribution in [0.4, 0.5) is 19.0 Å². The number of aryl methyl sites for hydroxylation is 1. The fraction of sp³-hybridized carbons (Fsp3) is 0.381. The molecule has 2 N–H and O–H groups in total. The molecule has 1 unspecified atom stereocenters. The van der Waals surface area contributed by atoms with Crippen LogP contribution in [0.2, 0.25) is 0 Å². The highest BCUT2D eigenvalue weighted by atomic mass is 19.4. The molecule has 0 radical (unpaired) electrons. The molecule has 168 valence electrons. The Morgan fingerprint density at radius 3 is 2.59 bits per heavy atom. The highest BCUT2D eigenvalue weighted by Gasteiger charge is 2.35. The van der Waals surface area contributed by atoms with Crippen molar-refractivity contribution in [2.24, 2.45) is 0 Å². The number of nitrogens with zero attached hydrogens (tertiary/aromatic N) is 5. The van der Waals surface area contributed by atoms with Crippen LogP contribution in [-0.2, 0) is 12.6 Å². The summed E-state index contributed by atoms with van der Waals surface area (Å²) in [5.41, 5.74) is 0.212. The Morgan fingerprint density at radius 2 is 1.88 bits per heavy atom. The number of nitrogens with one attached hydrogen (secondary N) is 2. The van der Waals surface area contributed by atoms with Gasteiger partial charge in [-0.05, 0) is 37.8 Å². The molecule has 1 aliphatic rings. The number of anilines is 1. The third-order valence-electron chi connectivity index (χ3n) is 5.41. The number of rotatable bonds is 6. The second-order valence-corrected chi connectivity index (χ2v) is 7.50. The lowest BCUT2D eigenvalue weighted by Gasteiger charge is -2.24. The van der Waals surface area contributed by atoms with Gasteiger partial charge in [0.05, 0.1) is 35.5 Å². The molecule has 3 aromatic rings. The molecule has 0 bridgehead atoms. The van der Waals surface area contributed by atoms with Gasteiger partial charge in [-0.3, -0.25) is 4.79 Å². The van der Waals surface area contributed by atoms with Gasteiger partial charge in [-0.25, -0.2) is 9.97 Å². The predicted octanol–water partition coefficient (Wildman–Crippen LogP) is 3.40. The number of para-hydroxylation sites is 1. The van der Waals surface area contributed by atoms with Crippen molar-refractivity contribution in [2.45, 2.75) is 50.9 Å². The molecule has 2 atom stereocenters. The Bertz CT molecular complexity index is 1090. The number of halogens is 3. The van der Waals surface area contributed by atoms with Gasteiger partial charge in [-0.15, -0.1) is 0 Å². The molecule has 1 saturated carbocycles. The van der Waals surface area contributed by atoms with Crippen molar-refractivity contribution in [1.29, 1.82) is 0 Å². The van der Waals surface area contributed by atoms with Crippen molar-refractivity contribution in [1.82, 2.24) is 30.3 Å². The first-order valence-electron chi connectivity index (χ1n) is 10.3. The maximum absolute atomic E-state index is 13.0. The highest BCUT2D eigenvalue weighted by molar-refractivity contribution is 5.97. The zero-order valence-corrected chi connectivity index (χ0v) is 17.3. The van der Waals surface area contributed by atoms with Gasteiger partial charge in [0.1, 0.15) is 5.82 Å². The number of hydrogen-bond acceptors (Lipinski definition) is 6. The zero-order valence-electron chi connectivity index (χ0n) is 17.3. The van der Waals surface area contributed by atoms with E-state index in [4.69, 9.17) is 0 Å². The van der Waals surface area contributed by atoms with Gasteiger partial charge < -0.3 is 10.6 Å². The van der Waals surface area contributed by atoms with Crippen molar-refractivity contribution in [3.05, 3.63) is 59.8 Å². The van der Waals surface area contributed by atoms with Crippen molar-refractivity contribution in [2.75, 3.05) is 5.32 Å². The largest absolute Gasteiger partial charge is 0.434 e. The Kier molecular flexibility index (Phi) is 6.06. The van der Waals surface area contributed by atoms with Crippen LogP contribution in [0, 0.1) is 0 Å². The second-order valence-electron chi connectivity index (χ2n) is 7.50. The van der Waals surface area contributed by atoms with Gasteiger partial charge in [0.25, 0.3) is 5.91 Å². The summed E-state index contributed by atoms with van der Waals surface area (Å²) in [5, 5.41) is 14.4.